The molecule has 0 spiro atoms. The Morgan fingerprint density at radius 3 is 2.45 bits per heavy atom. The molecule has 0 saturated carbocycles. The molecule has 33 heavy (non-hydrogen) atoms. The van der Waals surface area contributed by atoms with Crippen LogP contribution in [0.1, 0.15) is 13.8 Å². The van der Waals surface area contributed by atoms with Crippen LogP contribution in [-0.4, -0.2) is 62.9 Å². The Morgan fingerprint density at radius 2 is 1.73 bits per heavy atom. The lowest BCUT2D eigenvalue weighted by molar-refractivity contribution is 0.313. The number of likely N-dealkylation sites (N-methyl/N-ethyl adjacent to an activating group) is 1. The fourth-order valence-electron chi connectivity index (χ4n) is 3.74. The highest BCUT2D eigenvalue weighted by Gasteiger charge is 2.14. The Morgan fingerprint density at radius 1 is 1.00 bits per heavy atom. The molecule has 0 atom stereocenters. The molecule has 0 radical (unpaired) electrons. The normalized spacial score (nSPS) is 17.0. The molecular weight excluding hydrogens is 436 g/mol. The largest absolute Gasteiger partial charge is 0.492 e. The molecule has 2 aliphatic rings. The molecule has 0 amide bonds. The number of nitrogens with zero attached hydrogens (tertiary/aromatic N) is 4. The molecule has 174 valence electrons. The molecule has 8 heteroatoms. The fourth-order valence-corrected chi connectivity index (χ4v) is 3.91. The van der Waals surface area contributed by atoms with Gasteiger partial charge in [0.05, 0.1) is 18.2 Å². The molecule has 2 heterocycles. The zero-order valence-electron chi connectivity index (χ0n) is 19.4. The molecule has 2 N–H and O–H groups in total. The van der Waals surface area contributed by atoms with Crippen molar-refractivity contribution in [3.63, 3.8) is 0 Å². The minimum absolute atomic E-state index is 0.447. The van der Waals surface area contributed by atoms with E-state index in [0.717, 1.165) is 54.8 Å². The lowest BCUT2D eigenvalue weighted by atomic mass is 10.2. The monoisotopic (exact) mass is 466 g/mol. The summed E-state index contributed by atoms with van der Waals surface area (Å²) in [7, 11) is 2.17. The summed E-state index contributed by atoms with van der Waals surface area (Å²) in [5.41, 5.74) is 4.07. The van der Waals surface area contributed by atoms with Crippen LogP contribution in [-0.2, 0) is 0 Å². The van der Waals surface area contributed by atoms with Crippen LogP contribution in [0, 0.1) is 0 Å². The maximum atomic E-state index is 6.20. The van der Waals surface area contributed by atoms with Gasteiger partial charge in [0.1, 0.15) is 17.4 Å². The Bertz CT molecular complexity index is 1060. The highest BCUT2D eigenvalue weighted by atomic mass is 35.5. The SMILES string of the molecule is CCOc1cc(NC2=NCC(Nc3ccc(N4CCN(C)CC4)cc3)=NC=C2C)ccc1Cl. The molecule has 2 aliphatic heterocycles. The standard InChI is InChI=1S/C25H31ClN6O/c1-4-33-23-15-20(7-10-22(23)26)30-25-18(2)16-27-24(17-28-25)29-19-5-8-21(9-6-19)32-13-11-31(3)12-14-32/h5-10,15-16H,4,11-14,17H2,1-3H3,(H,27,29)(H,28,30). The number of aliphatic imine (C=N–C) groups is 2. The van der Waals surface area contributed by atoms with Crippen molar-refractivity contribution in [2.75, 3.05) is 61.9 Å². The van der Waals surface area contributed by atoms with E-state index in [1.807, 2.05) is 38.2 Å². The van der Waals surface area contributed by atoms with Crippen LogP contribution in [0.4, 0.5) is 17.1 Å². The summed E-state index contributed by atoms with van der Waals surface area (Å²) in [5, 5.41) is 7.35. The highest BCUT2D eigenvalue weighted by molar-refractivity contribution is 6.32. The van der Waals surface area contributed by atoms with Gasteiger partial charge in [0.25, 0.3) is 0 Å². The predicted octanol–water partition coefficient (Wildman–Crippen LogP) is 4.73. The summed E-state index contributed by atoms with van der Waals surface area (Å²) in [4.78, 5) is 14.1. The van der Waals surface area contributed by atoms with Crippen molar-refractivity contribution < 1.29 is 4.74 Å². The van der Waals surface area contributed by atoms with Crippen molar-refractivity contribution in [2.24, 2.45) is 9.98 Å². The summed E-state index contributed by atoms with van der Waals surface area (Å²) in [6.45, 7) is 9.24. The minimum Gasteiger partial charge on any atom is -0.492 e. The van der Waals surface area contributed by atoms with Gasteiger partial charge in [-0.05, 0) is 57.3 Å². The molecule has 0 unspecified atom stereocenters. The number of anilines is 3. The van der Waals surface area contributed by atoms with Gasteiger partial charge in [-0.15, -0.1) is 0 Å². The molecule has 0 aromatic heterocycles. The second-order valence-electron chi connectivity index (χ2n) is 8.22. The second kappa shape index (κ2) is 10.7. The zero-order chi connectivity index (χ0) is 23.2. The Labute approximate surface area is 200 Å². The van der Waals surface area contributed by atoms with Gasteiger partial charge < -0.3 is 25.2 Å². The maximum Gasteiger partial charge on any atom is 0.139 e. The van der Waals surface area contributed by atoms with Crippen LogP contribution in [0.5, 0.6) is 5.75 Å². The lowest BCUT2D eigenvalue weighted by Gasteiger charge is -2.34. The second-order valence-corrected chi connectivity index (χ2v) is 8.63. The summed E-state index contributed by atoms with van der Waals surface area (Å²) in [6.07, 6.45) is 1.83. The summed E-state index contributed by atoms with van der Waals surface area (Å²) >= 11 is 6.20. The number of benzene rings is 2. The van der Waals surface area contributed by atoms with E-state index in [1.165, 1.54) is 5.69 Å². The summed E-state index contributed by atoms with van der Waals surface area (Å²) in [6, 6.07) is 14.1. The Hall–Kier alpha value is -3.03. The van der Waals surface area contributed by atoms with E-state index in [9.17, 15) is 0 Å². The average Bonchev–Trinajstić information content (AvgIpc) is 2.99. The fraction of sp³-hybridized carbons (Fsp3) is 0.360. The third kappa shape index (κ3) is 6.06. The van der Waals surface area contributed by atoms with E-state index in [2.05, 4.69) is 56.7 Å². The average molecular weight is 467 g/mol. The van der Waals surface area contributed by atoms with Crippen LogP contribution in [0.3, 0.4) is 0 Å². The molecular formula is C25H31ClN6O. The topological polar surface area (TPSA) is 64.5 Å². The molecule has 1 fully saturated rings. The third-order valence-electron chi connectivity index (χ3n) is 5.69. The molecule has 4 rings (SSSR count). The van der Waals surface area contributed by atoms with Gasteiger partial charge in [0, 0.05) is 61.1 Å². The number of piperazine rings is 1. The van der Waals surface area contributed by atoms with Crippen molar-refractivity contribution in [1.82, 2.24) is 4.90 Å². The van der Waals surface area contributed by atoms with E-state index < -0.39 is 0 Å². The first-order valence-electron chi connectivity index (χ1n) is 11.3. The van der Waals surface area contributed by atoms with E-state index >= 15 is 0 Å². The number of halogens is 1. The van der Waals surface area contributed by atoms with Gasteiger partial charge in [0.2, 0.25) is 0 Å². The summed E-state index contributed by atoms with van der Waals surface area (Å²) < 4.78 is 5.59. The van der Waals surface area contributed by atoms with Crippen LogP contribution in [0.2, 0.25) is 5.02 Å². The first kappa shape index (κ1) is 23.1. The Kier molecular flexibility index (Phi) is 7.52. The minimum atomic E-state index is 0.447. The Balaban J connectivity index is 1.39. The van der Waals surface area contributed by atoms with E-state index in [-0.39, 0.29) is 0 Å². The quantitative estimate of drug-likeness (QED) is 0.667. The molecule has 0 bridgehead atoms. The third-order valence-corrected chi connectivity index (χ3v) is 6.00. The molecule has 2 aromatic rings. The molecule has 7 nitrogen and oxygen atoms in total. The van der Waals surface area contributed by atoms with Crippen LogP contribution in [0.15, 0.2) is 64.2 Å². The van der Waals surface area contributed by atoms with Gasteiger partial charge in [0.15, 0.2) is 0 Å². The summed E-state index contributed by atoms with van der Waals surface area (Å²) in [5.74, 6) is 2.22. The number of nitrogens with one attached hydrogen (secondary N) is 2. The van der Waals surface area contributed by atoms with Crippen LogP contribution >= 0.6 is 11.6 Å². The van der Waals surface area contributed by atoms with E-state index in [1.54, 1.807) is 0 Å². The molecule has 1 saturated heterocycles. The number of ether oxygens (including phenoxy) is 1. The van der Waals surface area contributed by atoms with Gasteiger partial charge >= 0.3 is 0 Å². The predicted molar refractivity (Wildman–Crippen MR) is 140 cm³/mol. The van der Waals surface area contributed by atoms with Crippen LogP contribution < -0.4 is 20.3 Å². The van der Waals surface area contributed by atoms with Crippen LogP contribution in [0.25, 0.3) is 0 Å². The van der Waals surface area contributed by atoms with Gasteiger partial charge in [-0.2, -0.15) is 0 Å². The van der Waals surface area contributed by atoms with Crippen molar-refractivity contribution in [3.05, 3.63) is 59.3 Å². The number of amidine groups is 2. The first-order valence-corrected chi connectivity index (χ1v) is 11.7. The molecule has 2 aromatic carbocycles. The van der Waals surface area contributed by atoms with E-state index in [0.29, 0.717) is 23.9 Å². The first-order chi connectivity index (χ1) is 16.0. The highest BCUT2D eigenvalue weighted by Crippen LogP contribution is 2.28. The lowest BCUT2D eigenvalue weighted by Crippen LogP contribution is -2.44. The van der Waals surface area contributed by atoms with Gasteiger partial charge in [-0.3, -0.25) is 4.99 Å². The number of hydrogen-bond donors (Lipinski definition) is 2. The van der Waals surface area contributed by atoms with Gasteiger partial charge in [-0.1, -0.05) is 11.6 Å². The zero-order valence-corrected chi connectivity index (χ0v) is 20.2. The van der Waals surface area contributed by atoms with Crippen molar-refractivity contribution in [1.29, 1.82) is 0 Å². The van der Waals surface area contributed by atoms with Crippen molar-refractivity contribution in [2.45, 2.75) is 13.8 Å². The van der Waals surface area contributed by atoms with E-state index in [4.69, 9.17) is 21.3 Å². The molecule has 0 aliphatic carbocycles. The van der Waals surface area contributed by atoms with Crippen molar-refractivity contribution in [3.8, 4) is 5.75 Å². The van der Waals surface area contributed by atoms with Gasteiger partial charge in [-0.25, -0.2) is 4.99 Å². The maximum absolute atomic E-state index is 6.20. The number of rotatable bonds is 5. The number of hydrogen-bond acceptors (Lipinski definition) is 7. The van der Waals surface area contributed by atoms with Crippen molar-refractivity contribution >= 4 is 40.3 Å². The smallest absolute Gasteiger partial charge is 0.139 e.